The van der Waals surface area contributed by atoms with Gasteiger partial charge in [0.05, 0.1) is 11.9 Å². The molecule has 50 valence electrons. The van der Waals surface area contributed by atoms with Gasteiger partial charge in [0, 0.05) is 0 Å². The SMILES string of the molecule is C[C@@H](CO)S(N)(=O)=O. The molecular formula is C3H9NO3S. The highest BCUT2D eigenvalue weighted by molar-refractivity contribution is 7.89. The number of primary sulfonamides is 1. The van der Waals surface area contributed by atoms with Crippen LogP contribution in [0.4, 0.5) is 0 Å². The van der Waals surface area contributed by atoms with Crippen LogP contribution in [0.1, 0.15) is 6.92 Å². The number of aliphatic hydroxyl groups excluding tert-OH is 1. The summed E-state index contributed by atoms with van der Waals surface area (Å²) in [6, 6.07) is 0. The molecule has 0 fully saturated rings. The molecule has 0 aliphatic carbocycles. The third kappa shape index (κ3) is 2.25. The summed E-state index contributed by atoms with van der Waals surface area (Å²) in [6.07, 6.45) is 0. The molecule has 0 aliphatic heterocycles. The van der Waals surface area contributed by atoms with Gasteiger partial charge in [-0.15, -0.1) is 0 Å². The Hall–Kier alpha value is -0.130. The van der Waals surface area contributed by atoms with Gasteiger partial charge in [0.25, 0.3) is 0 Å². The maximum absolute atomic E-state index is 10.2. The lowest BCUT2D eigenvalue weighted by molar-refractivity contribution is 0.295. The first-order valence-corrected chi connectivity index (χ1v) is 3.72. The summed E-state index contributed by atoms with van der Waals surface area (Å²) in [4.78, 5) is 0. The van der Waals surface area contributed by atoms with Gasteiger partial charge in [-0.3, -0.25) is 0 Å². The number of rotatable bonds is 2. The third-order valence-electron chi connectivity index (χ3n) is 0.818. The molecule has 3 N–H and O–H groups in total. The van der Waals surface area contributed by atoms with Crippen LogP contribution in [0, 0.1) is 0 Å². The Morgan fingerprint density at radius 3 is 2.12 bits per heavy atom. The zero-order valence-electron chi connectivity index (χ0n) is 4.53. The van der Waals surface area contributed by atoms with Crippen molar-refractivity contribution in [2.75, 3.05) is 6.61 Å². The molecule has 4 nitrogen and oxygen atoms in total. The highest BCUT2D eigenvalue weighted by atomic mass is 32.2. The zero-order valence-corrected chi connectivity index (χ0v) is 5.35. The first-order valence-electron chi connectivity index (χ1n) is 2.11. The van der Waals surface area contributed by atoms with E-state index in [1.807, 2.05) is 0 Å². The van der Waals surface area contributed by atoms with E-state index >= 15 is 0 Å². The fraction of sp³-hybridized carbons (Fsp3) is 1.00. The standard InChI is InChI=1S/C3H9NO3S/c1-3(2-5)8(4,6)7/h3,5H,2H2,1H3,(H2,4,6,7)/t3-/m0/s1. The van der Waals surface area contributed by atoms with Gasteiger partial charge in [-0.2, -0.15) is 0 Å². The monoisotopic (exact) mass is 139 g/mol. The summed E-state index contributed by atoms with van der Waals surface area (Å²) in [5.41, 5.74) is 0. The minimum Gasteiger partial charge on any atom is -0.395 e. The van der Waals surface area contributed by atoms with Gasteiger partial charge in [-0.1, -0.05) is 0 Å². The van der Waals surface area contributed by atoms with Gasteiger partial charge in [0.2, 0.25) is 10.0 Å². The van der Waals surface area contributed by atoms with E-state index in [1.165, 1.54) is 6.92 Å². The molecule has 8 heavy (non-hydrogen) atoms. The van der Waals surface area contributed by atoms with Crippen LogP contribution in [-0.4, -0.2) is 25.4 Å². The number of aliphatic hydroxyl groups is 1. The maximum atomic E-state index is 10.2. The van der Waals surface area contributed by atoms with Gasteiger partial charge in [0.15, 0.2) is 0 Å². The molecule has 0 saturated heterocycles. The molecule has 0 rings (SSSR count). The number of hydrogen-bond acceptors (Lipinski definition) is 3. The van der Waals surface area contributed by atoms with E-state index in [0.29, 0.717) is 0 Å². The normalized spacial score (nSPS) is 15.9. The minimum absolute atomic E-state index is 0.418. The fourth-order valence-corrected chi connectivity index (χ4v) is 0.312. The topological polar surface area (TPSA) is 80.4 Å². The molecule has 0 unspecified atom stereocenters. The number of hydrogen-bond donors (Lipinski definition) is 2. The molecule has 5 heteroatoms. The third-order valence-corrected chi connectivity index (χ3v) is 2.09. The molecular weight excluding hydrogens is 130 g/mol. The Bertz CT molecular complexity index is 150. The summed E-state index contributed by atoms with van der Waals surface area (Å²) in [7, 11) is -3.50. The van der Waals surface area contributed by atoms with Crippen LogP contribution in [0.15, 0.2) is 0 Å². The number of sulfonamides is 1. The smallest absolute Gasteiger partial charge is 0.213 e. The number of nitrogens with two attached hydrogens (primary N) is 1. The quantitative estimate of drug-likeness (QED) is 0.496. The molecule has 1 atom stereocenters. The molecule has 0 bridgehead atoms. The fourth-order valence-electron chi connectivity index (χ4n) is 0.104. The van der Waals surface area contributed by atoms with Crippen LogP contribution in [0.2, 0.25) is 0 Å². The van der Waals surface area contributed by atoms with E-state index in [4.69, 9.17) is 5.11 Å². The van der Waals surface area contributed by atoms with Gasteiger partial charge >= 0.3 is 0 Å². The molecule has 0 amide bonds. The van der Waals surface area contributed by atoms with Crippen LogP contribution in [-0.2, 0) is 10.0 Å². The van der Waals surface area contributed by atoms with Crippen molar-refractivity contribution in [2.45, 2.75) is 12.2 Å². The predicted octanol–water partition coefficient (Wildman–Crippen LogP) is -1.34. The van der Waals surface area contributed by atoms with E-state index in [-0.39, 0.29) is 0 Å². The van der Waals surface area contributed by atoms with Crippen molar-refractivity contribution in [3.63, 3.8) is 0 Å². The van der Waals surface area contributed by atoms with Crippen molar-refractivity contribution in [1.29, 1.82) is 0 Å². The summed E-state index contributed by atoms with van der Waals surface area (Å²) in [5, 5.41) is 12.0. The van der Waals surface area contributed by atoms with Crippen LogP contribution < -0.4 is 5.14 Å². The Morgan fingerprint density at radius 2 is 2.12 bits per heavy atom. The highest BCUT2D eigenvalue weighted by Gasteiger charge is 2.12. The van der Waals surface area contributed by atoms with Gasteiger partial charge in [-0.25, -0.2) is 13.6 Å². The predicted molar refractivity (Wildman–Crippen MR) is 29.7 cm³/mol. The molecule has 0 spiro atoms. The summed E-state index contributed by atoms with van der Waals surface area (Å²) in [6.45, 7) is 0.925. The van der Waals surface area contributed by atoms with Gasteiger partial charge < -0.3 is 5.11 Å². The van der Waals surface area contributed by atoms with Crippen molar-refractivity contribution in [3.05, 3.63) is 0 Å². The van der Waals surface area contributed by atoms with Crippen molar-refractivity contribution >= 4 is 10.0 Å². The summed E-state index contributed by atoms with van der Waals surface area (Å²) < 4.78 is 20.4. The molecule has 0 aromatic heterocycles. The lowest BCUT2D eigenvalue weighted by Gasteiger charge is -2.01. The first-order chi connectivity index (χ1) is 3.48. The van der Waals surface area contributed by atoms with Crippen LogP contribution >= 0.6 is 0 Å². The van der Waals surface area contributed by atoms with E-state index in [0.717, 1.165) is 0 Å². The Labute approximate surface area is 48.4 Å². The highest BCUT2D eigenvalue weighted by Crippen LogP contribution is 1.89. The second-order valence-electron chi connectivity index (χ2n) is 1.58. The van der Waals surface area contributed by atoms with Crippen LogP contribution in [0.5, 0.6) is 0 Å². The van der Waals surface area contributed by atoms with E-state index in [1.54, 1.807) is 0 Å². The van der Waals surface area contributed by atoms with E-state index in [9.17, 15) is 8.42 Å². The molecule has 0 aromatic carbocycles. The van der Waals surface area contributed by atoms with Crippen LogP contribution in [0.25, 0.3) is 0 Å². The summed E-state index contributed by atoms with van der Waals surface area (Å²) in [5.74, 6) is 0. The molecule has 0 radical (unpaired) electrons. The lowest BCUT2D eigenvalue weighted by Crippen LogP contribution is -2.28. The molecule has 0 heterocycles. The van der Waals surface area contributed by atoms with Crippen LogP contribution in [0.3, 0.4) is 0 Å². The van der Waals surface area contributed by atoms with Crippen molar-refractivity contribution < 1.29 is 13.5 Å². The first kappa shape index (κ1) is 7.87. The van der Waals surface area contributed by atoms with E-state index < -0.39 is 21.9 Å². The van der Waals surface area contributed by atoms with Crippen molar-refractivity contribution in [2.24, 2.45) is 5.14 Å². The largest absolute Gasteiger partial charge is 0.395 e. The zero-order chi connectivity index (χ0) is 6.78. The second kappa shape index (κ2) is 2.43. The molecule has 0 saturated carbocycles. The Kier molecular flexibility index (Phi) is 2.39. The van der Waals surface area contributed by atoms with E-state index in [2.05, 4.69) is 5.14 Å². The summed E-state index contributed by atoms with van der Waals surface area (Å²) >= 11 is 0. The minimum atomic E-state index is -3.50. The average molecular weight is 139 g/mol. The second-order valence-corrected chi connectivity index (χ2v) is 3.57. The molecule has 0 aromatic rings. The van der Waals surface area contributed by atoms with Crippen molar-refractivity contribution in [3.8, 4) is 0 Å². The Morgan fingerprint density at radius 1 is 1.75 bits per heavy atom. The van der Waals surface area contributed by atoms with Gasteiger partial charge in [-0.05, 0) is 6.92 Å². The average Bonchev–Trinajstić information content (AvgIpc) is 1.62. The van der Waals surface area contributed by atoms with Crippen molar-refractivity contribution in [1.82, 2.24) is 0 Å². The molecule has 0 aliphatic rings. The maximum Gasteiger partial charge on any atom is 0.213 e. The lowest BCUT2D eigenvalue weighted by atomic mass is 10.5. The van der Waals surface area contributed by atoms with Gasteiger partial charge in [0.1, 0.15) is 0 Å². The Balaban J connectivity index is 4.04.